The third-order valence-corrected chi connectivity index (χ3v) is 1.70. The Morgan fingerprint density at radius 1 is 1.82 bits per heavy atom. The summed E-state index contributed by atoms with van der Waals surface area (Å²) in [7, 11) is 0. The van der Waals surface area contributed by atoms with Gasteiger partial charge < -0.3 is 10.8 Å². The van der Waals surface area contributed by atoms with Crippen molar-refractivity contribution in [1.82, 2.24) is 9.66 Å². The fourth-order valence-electron chi connectivity index (χ4n) is 0.743. The molecule has 11 heavy (non-hydrogen) atoms. The van der Waals surface area contributed by atoms with Gasteiger partial charge in [-0.25, -0.2) is 0 Å². The molecule has 1 aromatic heterocycles. The normalized spacial score (nSPS) is 9.91. The molecule has 1 aromatic rings. The Bertz CT molecular complexity index is 334. The van der Waals surface area contributed by atoms with Gasteiger partial charge in [-0.05, 0) is 18.6 Å². The van der Waals surface area contributed by atoms with E-state index in [0.717, 1.165) is 16.8 Å². The quantitative estimate of drug-likeness (QED) is 0.468. The van der Waals surface area contributed by atoms with Crippen molar-refractivity contribution >= 4 is 12.2 Å². The summed E-state index contributed by atoms with van der Waals surface area (Å²) < 4.78 is 1.17. The fourth-order valence-corrected chi connectivity index (χ4v) is 0.964. The van der Waals surface area contributed by atoms with Crippen molar-refractivity contribution in [2.24, 2.45) is 0 Å². The molecule has 0 unspecified atom stereocenters. The number of nitrogen functional groups attached to an aromatic ring is 1. The second kappa shape index (κ2) is 2.87. The maximum atomic E-state index is 11.0. The molecule has 0 spiro atoms. The molecule has 0 bridgehead atoms. The van der Waals surface area contributed by atoms with Crippen molar-refractivity contribution in [3.63, 3.8) is 0 Å². The summed E-state index contributed by atoms with van der Waals surface area (Å²) in [5, 5.41) is 0. The Morgan fingerprint density at radius 3 is 2.91 bits per heavy atom. The third kappa shape index (κ3) is 1.48. The van der Waals surface area contributed by atoms with Crippen LogP contribution >= 0.6 is 12.2 Å². The van der Waals surface area contributed by atoms with Crippen LogP contribution < -0.4 is 11.4 Å². The molecule has 0 fully saturated rings. The lowest BCUT2D eigenvalue weighted by Crippen LogP contribution is -2.28. The van der Waals surface area contributed by atoms with Gasteiger partial charge in [-0.2, -0.15) is 4.68 Å². The highest BCUT2D eigenvalue weighted by atomic mass is 32.1. The number of aryl methyl sites for hydroxylation is 1. The van der Waals surface area contributed by atoms with Crippen molar-refractivity contribution < 1.29 is 0 Å². The average molecular weight is 171 g/mol. The van der Waals surface area contributed by atoms with Crippen molar-refractivity contribution in [1.29, 1.82) is 0 Å². The Balaban J connectivity index is 3.45. The van der Waals surface area contributed by atoms with Crippen LogP contribution in [0, 0.1) is 4.77 Å². The number of H-pyrrole nitrogens is 1. The van der Waals surface area contributed by atoms with Crippen LogP contribution in [-0.4, -0.2) is 9.66 Å². The van der Waals surface area contributed by atoms with Gasteiger partial charge in [-0.3, -0.25) is 4.79 Å². The third-order valence-electron chi connectivity index (χ3n) is 1.40. The second-order valence-corrected chi connectivity index (χ2v) is 2.55. The molecule has 1 heterocycles. The molecule has 3 N–H and O–H groups in total. The molecule has 1 rings (SSSR count). The summed E-state index contributed by atoms with van der Waals surface area (Å²) >= 11 is 4.78. The SMILES string of the molecule is CCc1cc(=O)n(N)c(=S)[nH]1. The summed E-state index contributed by atoms with van der Waals surface area (Å²) in [6, 6.07) is 1.44. The van der Waals surface area contributed by atoms with Gasteiger partial charge in [0, 0.05) is 11.8 Å². The summed E-state index contributed by atoms with van der Waals surface area (Å²) in [5.41, 5.74) is 0.535. The van der Waals surface area contributed by atoms with E-state index in [2.05, 4.69) is 4.98 Å². The first kappa shape index (κ1) is 8.00. The number of hydrogen-bond acceptors (Lipinski definition) is 3. The summed E-state index contributed by atoms with van der Waals surface area (Å²) in [5.74, 6) is 5.27. The van der Waals surface area contributed by atoms with Crippen LogP contribution in [0.3, 0.4) is 0 Å². The zero-order valence-corrected chi connectivity index (χ0v) is 6.94. The van der Waals surface area contributed by atoms with Crippen molar-refractivity contribution in [2.75, 3.05) is 5.84 Å². The summed E-state index contributed by atoms with van der Waals surface area (Å²) in [4.78, 5) is 13.8. The molecule has 0 amide bonds. The maximum absolute atomic E-state index is 11.0. The molecule has 0 atom stereocenters. The van der Waals surface area contributed by atoms with Crippen LogP contribution in [0.2, 0.25) is 0 Å². The van der Waals surface area contributed by atoms with Crippen LogP contribution in [0.25, 0.3) is 0 Å². The number of aromatic amines is 1. The first-order chi connectivity index (χ1) is 5.15. The van der Waals surface area contributed by atoms with E-state index in [-0.39, 0.29) is 10.3 Å². The number of hydrogen-bond donors (Lipinski definition) is 2. The molecule has 60 valence electrons. The van der Waals surface area contributed by atoms with E-state index in [1.165, 1.54) is 6.07 Å². The molecular formula is C6H9N3OS. The number of rotatable bonds is 1. The summed E-state index contributed by atoms with van der Waals surface area (Å²) in [6.45, 7) is 1.93. The fraction of sp³-hybridized carbons (Fsp3) is 0.333. The largest absolute Gasteiger partial charge is 0.334 e. The molecule has 0 saturated carbocycles. The highest BCUT2D eigenvalue weighted by Crippen LogP contribution is 1.89. The monoisotopic (exact) mass is 171 g/mol. The van der Waals surface area contributed by atoms with Gasteiger partial charge in [0.15, 0.2) is 4.77 Å². The molecule has 4 nitrogen and oxygen atoms in total. The van der Waals surface area contributed by atoms with Crippen molar-refractivity contribution in [3.8, 4) is 0 Å². The van der Waals surface area contributed by atoms with Gasteiger partial charge in [0.05, 0.1) is 0 Å². The minimum Gasteiger partial charge on any atom is -0.334 e. The minimum atomic E-state index is -0.273. The van der Waals surface area contributed by atoms with Crippen LogP contribution in [0.15, 0.2) is 10.9 Å². The van der Waals surface area contributed by atoms with Gasteiger partial charge in [0.2, 0.25) is 0 Å². The van der Waals surface area contributed by atoms with Crippen molar-refractivity contribution in [3.05, 3.63) is 26.9 Å². The highest BCUT2D eigenvalue weighted by Gasteiger charge is 1.94. The lowest BCUT2D eigenvalue weighted by atomic mass is 10.3. The molecule has 0 aliphatic heterocycles. The molecule has 0 aliphatic rings. The molecular weight excluding hydrogens is 162 g/mol. The maximum Gasteiger partial charge on any atom is 0.272 e. The van der Waals surface area contributed by atoms with Crippen LogP contribution in [0.1, 0.15) is 12.6 Å². The van der Waals surface area contributed by atoms with E-state index in [9.17, 15) is 4.79 Å². The Kier molecular flexibility index (Phi) is 2.09. The molecule has 0 radical (unpaired) electrons. The lowest BCUT2D eigenvalue weighted by molar-refractivity contribution is 0.835. The Labute approximate surface area is 68.6 Å². The first-order valence-electron chi connectivity index (χ1n) is 3.25. The van der Waals surface area contributed by atoms with E-state index < -0.39 is 0 Å². The van der Waals surface area contributed by atoms with Crippen LogP contribution in [0.5, 0.6) is 0 Å². The van der Waals surface area contributed by atoms with Crippen molar-refractivity contribution in [2.45, 2.75) is 13.3 Å². The molecule has 0 saturated heterocycles. The molecule has 0 aliphatic carbocycles. The first-order valence-corrected chi connectivity index (χ1v) is 3.66. The van der Waals surface area contributed by atoms with Gasteiger partial charge in [-0.15, -0.1) is 0 Å². The Hall–Kier alpha value is -1.10. The zero-order valence-electron chi connectivity index (χ0n) is 6.13. The van der Waals surface area contributed by atoms with Gasteiger partial charge in [0.25, 0.3) is 5.56 Å². The average Bonchev–Trinajstić information content (AvgIpc) is 1.99. The number of nitrogens with one attached hydrogen (secondary N) is 1. The molecule has 5 heteroatoms. The number of nitrogens with zero attached hydrogens (tertiary/aromatic N) is 1. The summed E-state index contributed by atoms with van der Waals surface area (Å²) in [6.07, 6.45) is 0.750. The lowest BCUT2D eigenvalue weighted by Gasteiger charge is -1.99. The minimum absolute atomic E-state index is 0.259. The smallest absolute Gasteiger partial charge is 0.272 e. The molecule has 0 aromatic carbocycles. The standard InChI is InChI=1S/C6H9N3OS/c1-2-4-3-5(10)9(7)6(11)8-4/h3H,2,7H2,1H3,(H,8,11). The van der Waals surface area contributed by atoms with E-state index in [1.807, 2.05) is 6.92 Å². The van der Waals surface area contributed by atoms with Crippen LogP contribution in [0.4, 0.5) is 0 Å². The number of nitrogens with two attached hydrogens (primary N) is 1. The van der Waals surface area contributed by atoms with E-state index in [1.54, 1.807) is 0 Å². The van der Waals surface area contributed by atoms with E-state index >= 15 is 0 Å². The zero-order chi connectivity index (χ0) is 8.43. The van der Waals surface area contributed by atoms with Gasteiger partial charge >= 0.3 is 0 Å². The van der Waals surface area contributed by atoms with Crippen LogP contribution in [-0.2, 0) is 6.42 Å². The van der Waals surface area contributed by atoms with Gasteiger partial charge in [-0.1, -0.05) is 6.92 Å². The predicted octanol–water partition coefficient (Wildman–Crippen LogP) is 0.182. The second-order valence-electron chi connectivity index (χ2n) is 2.16. The Morgan fingerprint density at radius 2 is 2.45 bits per heavy atom. The van der Waals surface area contributed by atoms with Gasteiger partial charge in [0.1, 0.15) is 0 Å². The predicted molar refractivity (Wildman–Crippen MR) is 45.4 cm³/mol. The highest BCUT2D eigenvalue weighted by molar-refractivity contribution is 7.71. The van der Waals surface area contributed by atoms with E-state index in [4.69, 9.17) is 18.1 Å². The van der Waals surface area contributed by atoms with E-state index in [0.29, 0.717) is 0 Å². The topological polar surface area (TPSA) is 63.8 Å². The number of aromatic nitrogens is 2.